The first-order chi connectivity index (χ1) is 13.0. The SMILES string of the molecule is C[C@H](NC(=O)c1cncn1-c1ccc(F)cc1)c1ccc2[nH]c(=O)[nH]c2c1. The number of fused-ring (bicyclic) bond motifs is 1. The van der Waals surface area contributed by atoms with Crippen molar-refractivity contribution in [2.75, 3.05) is 0 Å². The van der Waals surface area contributed by atoms with Crippen molar-refractivity contribution in [3.63, 3.8) is 0 Å². The summed E-state index contributed by atoms with van der Waals surface area (Å²) in [5, 5.41) is 2.92. The minimum atomic E-state index is -0.350. The van der Waals surface area contributed by atoms with E-state index in [9.17, 15) is 14.0 Å². The Balaban J connectivity index is 1.57. The van der Waals surface area contributed by atoms with Gasteiger partial charge in [-0.3, -0.25) is 9.36 Å². The molecule has 27 heavy (non-hydrogen) atoms. The Morgan fingerprint density at radius 3 is 2.67 bits per heavy atom. The van der Waals surface area contributed by atoms with Gasteiger partial charge in [0.15, 0.2) is 0 Å². The van der Waals surface area contributed by atoms with Crippen LogP contribution in [-0.4, -0.2) is 25.4 Å². The molecule has 0 radical (unpaired) electrons. The molecule has 0 spiro atoms. The molecule has 2 aromatic heterocycles. The summed E-state index contributed by atoms with van der Waals surface area (Å²) in [6.45, 7) is 1.85. The molecule has 4 aromatic rings. The first-order valence-corrected chi connectivity index (χ1v) is 8.32. The molecule has 4 rings (SSSR count). The number of benzene rings is 2. The van der Waals surface area contributed by atoms with Gasteiger partial charge in [0.05, 0.1) is 29.6 Å². The summed E-state index contributed by atoms with van der Waals surface area (Å²) in [5.74, 6) is -0.663. The molecule has 0 saturated carbocycles. The lowest BCUT2D eigenvalue weighted by atomic mass is 10.1. The standard InChI is InChI=1S/C19H16FN5O2/c1-11(12-2-7-15-16(8-12)24-19(27)23-15)22-18(26)17-9-21-10-25(17)14-5-3-13(20)4-6-14/h2-11H,1H3,(H,22,26)(H2,23,24,27)/t11-/m0/s1. The van der Waals surface area contributed by atoms with Gasteiger partial charge in [0, 0.05) is 5.69 Å². The van der Waals surface area contributed by atoms with Crippen LogP contribution in [0.2, 0.25) is 0 Å². The zero-order valence-electron chi connectivity index (χ0n) is 14.4. The zero-order valence-corrected chi connectivity index (χ0v) is 14.4. The van der Waals surface area contributed by atoms with Crippen molar-refractivity contribution >= 4 is 16.9 Å². The first-order valence-electron chi connectivity index (χ1n) is 8.32. The third-order valence-corrected chi connectivity index (χ3v) is 4.36. The van der Waals surface area contributed by atoms with Crippen LogP contribution in [0.3, 0.4) is 0 Å². The van der Waals surface area contributed by atoms with Crippen molar-refractivity contribution in [2.24, 2.45) is 0 Å². The van der Waals surface area contributed by atoms with Gasteiger partial charge in [-0.05, 0) is 48.9 Å². The van der Waals surface area contributed by atoms with Crippen LogP contribution in [0.1, 0.15) is 29.0 Å². The topological polar surface area (TPSA) is 95.6 Å². The van der Waals surface area contributed by atoms with Crippen LogP contribution in [0.25, 0.3) is 16.7 Å². The lowest BCUT2D eigenvalue weighted by Gasteiger charge is -2.15. The molecule has 2 heterocycles. The average Bonchev–Trinajstić information content (AvgIpc) is 3.27. The molecular formula is C19H16FN5O2. The lowest BCUT2D eigenvalue weighted by Crippen LogP contribution is -2.28. The Hall–Kier alpha value is -3.68. The molecule has 0 bridgehead atoms. The van der Waals surface area contributed by atoms with Crippen LogP contribution in [0, 0.1) is 5.82 Å². The second-order valence-electron chi connectivity index (χ2n) is 6.20. The third-order valence-electron chi connectivity index (χ3n) is 4.36. The van der Waals surface area contributed by atoms with E-state index in [-0.39, 0.29) is 23.5 Å². The fourth-order valence-electron chi connectivity index (χ4n) is 2.94. The largest absolute Gasteiger partial charge is 0.344 e. The smallest absolute Gasteiger partial charge is 0.323 e. The second-order valence-corrected chi connectivity index (χ2v) is 6.20. The highest BCUT2D eigenvalue weighted by Gasteiger charge is 2.17. The summed E-state index contributed by atoms with van der Waals surface area (Å²) in [6, 6.07) is 11.0. The number of aromatic amines is 2. The van der Waals surface area contributed by atoms with E-state index in [1.165, 1.54) is 24.7 Å². The quantitative estimate of drug-likeness (QED) is 0.519. The minimum Gasteiger partial charge on any atom is -0.344 e. The van der Waals surface area contributed by atoms with Crippen molar-refractivity contribution in [2.45, 2.75) is 13.0 Å². The third kappa shape index (κ3) is 3.24. The summed E-state index contributed by atoms with van der Waals surface area (Å²) in [6.07, 6.45) is 2.96. The average molecular weight is 365 g/mol. The predicted molar refractivity (Wildman–Crippen MR) is 98.3 cm³/mol. The van der Waals surface area contributed by atoms with Gasteiger partial charge >= 0.3 is 5.69 Å². The van der Waals surface area contributed by atoms with E-state index in [4.69, 9.17) is 0 Å². The van der Waals surface area contributed by atoms with E-state index in [2.05, 4.69) is 20.3 Å². The summed E-state index contributed by atoms with van der Waals surface area (Å²) in [4.78, 5) is 33.5. The summed E-state index contributed by atoms with van der Waals surface area (Å²) < 4.78 is 14.7. The molecule has 1 amide bonds. The number of halogens is 1. The molecule has 136 valence electrons. The van der Waals surface area contributed by atoms with Crippen LogP contribution in [0.15, 0.2) is 59.8 Å². The van der Waals surface area contributed by atoms with E-state index < -0.39 is 0 Å². The maximum absolute atomic E-state index is 13.1. The van der Waals surface area contributed by atoms with Gasteiger partial charge in [0.1, 0.15) is 11.5 Å². The van der Waals surface area contributed by atoms with Crippen LogP contribution >= 0.6 is 0 Å². The number of carbonyl (C=O) groups is 1. The van der Waals surface area contributed by atoms with Crippen molar-refractivity contribution in [3.8, 4) is 5.69 Å². The zero-order chi connectivity index (χ0) is 19.0. The number of imidazole rings is 2. The number of aromatic nitrogens is 4. The number of rotatable bonds is 4. The molecule has 0 saturated heterocycles. The number of H-pyrrole nitrogens is 2. The number of nitrogens with one attached hydrogen (secondary N) is 3. The van der Waals surface area contributed by atoms with Crippen LogP contribution in [0.4, 0.5) is 4.39 Å². The van der Waals surface area contributed by atoms with Gasteiger partial charge in [0.2, 0.25) is 0 Å². The molecule has 0 fully saturated rings. The molecule has 8 heteroatoms. The number of hydrogen-bond donors (Lipinski definition) is 3. The summed E-state index contributed by atoms with van der Waals surface area (Å²) in [7, 11) is 0. The van der Waals surface area contributed by atoms with Gasteiger partial charge < -0.3 is 15.3 Å². The molecule has 3 N–H and O–H groups in total. The highest BCUT2D eigenvalue weighted by atomic mass is 19.1. The molecule has 2 aromatic carbocycles. The Kier molecular flexibility index (Phi) is 4.08. The van der Waals surface area contributed by atoms with Crippen molar-refractivity contribution in [1.29, 1.82) is 0 Å². The van der Waals surface area contributed by atoms with Crippen molar-refractivity contribution in [3.05, 3.63) is 82.5 Å². The summed E-state index contributed by atoms with van der Waals surface area (Å²) >= 11 is 0. The fraction of sp³-hybridized carbons (Fsp3) is 0.105. The molecule has 0 aliphatic carbocycles. The number of carbonyl (C=O) groups excluding carboxylic acids is 1. The number of amides is 1. The molecule has 1 atom stereocenters. The van der Waals surface area contributed by atoms with Crippen molar-refractivity contribution < 1.29 is 9.18 Å². The maximum Gasteiger partial charge on any atom is 0.323 e. The highest BCUT2D eigenvalue weighted by molar-refractivity contribution is 5.93. The first kappa shape index (κ1) is 16.8. The van der Waals surface area contributed by atoms with Crippen LogP contribution in [0.5, 0.6) is 0 Å². The van der Waals surface area contributed by atoms with Gasteiger partial charge in [-0.2, -0.15) is 0 Å². The minimum absolute atomic E-state index is 0.276. The monoisotopic (exact) mass is 365 g/mol. The van der Waals surface area contributed by atoms with E-state index in [1.54, 1.807) is 22.8 Å². The maximum atomic E-state index is 13.1. The Morgan fingerprint density at radius 1 is 1.15 bits per heavy atom. The molecule has 0 unspecified atom stereocenters. The van der Waals surface area contributed by atoms with E-state index in [0.29, 0.717) is 22.4 Å². The van der Waals surface area contributed by atoms with Crippen LogP contribution in [-0.2, 0) is 0 Å². The normalized spacial score (nSPS) is 12.2. The summed E-state index contributed by atoms with van der Waals surface area (Å²) in [5.41, 5.74) is 2.93. The van der Waals surface area contributed by atoms with Gasteiger partial charge in [0.25, 0.3) is 5.91 Å². The van der Waals surface area contributed by atoms with Gasteiger partial charge in [-0.15, -0.1) is 0 Å². The highest BCUT2D eigenvalue weighted by Crippen LogP contribution is 2.18. The van der Waals surface area contributed by atoms with Gasteiger partial charge in [-0.25, -0.2) is 14.2 Å². The predicted octanol–water partition coefficient (Wildman–Crippen LogP) is 2.67. The number of nitrogens with zero attached hydrogens (tertiary/aromatic N) is 2. The molecule has 7 nitrogen and oxygen atoms in total. The van der Waals surface area contributed by atoms with E-state index >= 15 is 0 Å². The fourth-order valence-corrected chi connectivity index (χ4v) is 2.94. The lowest BCUT2D eigenvalue weighted by molar-refractivity contribution is 0.0933. The van der Waals surface area contributed by atoms with Crippen molar-refractivity contribution in [1.82, 2.24) is 24.8 Å². The second kappa shape index (κ2) is 6.56. The molecular weight excluding hydrogens is 349 g/mol. The Labute approximate surface area is 152 Å². The van der Waals surface area contributed by atoms with Gasteiger partial charge in [-0.1, -0.05) is 6.07 Å². The molecule has 0 aliphatic rings. The Morgan fingerprint density at radius 2 is 1.89 bits per heavy atom. The van der Waals surface area contributed by atoms with Crippen LogP contribution < -0.4 is 11.0 Å². The Bertz CT molecular complexity index is 1170. The van der Waals surface area contributed by atoms with E-state index in [1.807, 2.05) is 19.1 Å². The number of hydrogen-bond acceptors (Lipinski definition) is 3. The molecule has 0 aliphatic heterocycles. The van der Waals surface area contributed by atoms with E-state index in [0.717, 1.165) is 5.56 Å².